The van der Waals surface area contributed by atoms with Crippen LogP contribution < -0.4 is 0 Å². The summed E-state index contributed by atoms with van der Waals surface area (Å²) in [7, 11) is 0. The summed E-state index contributed by atoms with van der Waals surface area (Å²) in [5.41, 5.74) is 0. The maximum absolute atomic E-state index is 5.63. The molecule has 1 nitrogen and oxygen atoms in total. The Morgan fingerprint density at radius 2 is 2.18 bits per heavy atom. The Kier molecular flexibility index (Phi) is 3.21. The quantitative estimate of drug-likeness (QED) is 0.521. The zero-order valence-electron chi connectivity index (χ0n) is 6.54. The normalized spacial score (nSPS) is 10.5. The number of nitrogens with zero attached hydrogens (tertiary/aromatic N) is 1. The lowest BCUT2D eigenvalue weighted by molar-refractivity contribution is 1.10. The summed E-state index contributed by atoms with van der Waals surface area (Å²) in [6.07, 6.45) is 1.80. The Morgan fingerprint density at radius 1 is 1.45 bits per heavy atom. The lowest BCUT2D eigenvalue weighted by Crippen LogP contribution is -1.86. The second kappa shape index (κ2) is 3.98. The van der Waals surface area contributed by atoms with Gasteiger partial charge in [-0.2, -0.15) is 0 Å². The van der Waals surface area contributed by atoms with E-state index in [-0.39, 0.29) is 0 Å². The second-order valence-corrected chi connectivity index (χ2v) is 4.52. The van der Waals surface area contributed by atoms with Gasteiger partial charge in [-0.3, -0.25) is 0 Å². The van der Waals surface area contributed by atoms with Crippen LogP contribution in [0.25, 0.3) is 0 Å². The standard InChI is InChI=1S/C8H10ClNS/c1-6(2)11-7-3-4-8(9)10-5-7/h3-6H,1-2H3. The van der Waals surface area contributed by atoms with Gasteiger partial charge in [0.25, 0.3) is 0 Å². The predicted molar refractivity (Wildman–Crippen MR) is 50.2 cm³/mol. The molecule has 1 aromatic rings. The molecule has 0 amide bonds. The number of hydrogen-bond acceptors (Lipinski definition) is 2. The maximum Gasteiger partial charge on any atom is 0.129 e. The molecule has 0 saturated heterocycles. The number of hydrogen-bond donors (Lipinski definition) is 0. The molecule has 0 N–H and O–H groups in total. The molecular formula is C8H10ClNS. The first-order chi connectivity index (χ1) is 5.18. The van der Waals surface area contributed by atoms with Crippen LogP contribution in [0.15, 0.2) is 23.2 Å². The van der Waals surface area contributed by atoms with Crippen LogP contribution in [0.1, 0.15) is 13.8 Å². The Labute approximate surface area is 76.2 Å². The molecule has 0 aliphatic heterocycles. The Balaban J connectivity index is 2.66. The highest BCUT2D eigenvalue weighted by atomic mass is 35.5. The minimum atomic E-state index is 0.554. The summed E-state index contributed by atoms with van der Waals surface area (Å²) in [6, 6.07) is 3.80. The fraction of sp³-hybridized carbons (Fsp3) is 0.375. The van der Waals surface area contributed by atoms with E-state index in [2.05, 4.69) is 18.8 Å². The molecule has 0 aliphatic carbocycles. The van der Waals surface area contributed by atoms with Crippen LogP contribution in [0, 0.1) is 0 Å². The molecule has 0 spiro atoms. The van der Waals surface area contributed by atoms with Gasteiger partial charge in [-0.05, 0) is 12.1 Å². The average Bonchev–Trinajstić information content (AvgIpc) is 1.93. The van der Waals surface area contributed by atoms with Gasteiger partial charge in [-0.15, -0.1) is 11.8 Å². The van der Waals surface area contributed by atoms with Crippen molar-refractivity contribution in [3.05, 3.63) is 23.5 Å². The molecule has 0 saturated carbocycles. The van der Waals surface area contributed by atoms with Gasteiger partial charge in [0.15, 0.2) is 0 Å². The van der Waals surface area contributed by atoms with E-state index >= 15 is 0 Å². The van der Waals surface area contributed by atoms with Crippen molar-refractivity contribution in [3.63, 3.8) is 0 Å². The van der Waals surface area contributed by atoms with Crippen LogP contribution in [0.2, 0.25) is 5.15 Å². The molecule has 3 heteroatoms. The van der Waals surface area contributed by atoms with E-state index in [1.807, 2.05) is 12.1 Å². The third-order valence-electron chi connectivity index (χ3n) is 1.07. The van der Waals surface area contributed by atoms with Crippen LogP contribution >= 0.6 is 23.4 Å². The molecule has 0 unspecified atom stereocenters. The molecule has 0 fully saturated rings. The van der Waals surface area contributed by atoms with Crippen LogP contribution in [0.4, 0.5) is 0 Å². The Morgan fingerprint density at radius 3 is 2.64 bits per heavy atom. The van der Waals surface area contributed by atoms with E-state index in [1.54, 1.807) is 18.0 Å². The van der Waals surface area contributed by atoms with Crippen molar-refractivity contribution in [3.8, 4) is 0 Å². The van der Waals surface area contributed by atoms with Gasteiger partial charge in [0.05, 0.1) is 0 Å². The van der Waals surface area contributed by atoms with Gasteiger partial charge in [0, 0.05) is 16.3 Å². The molecule has 1 heterocycles. The second-order valence-electron chi connectivity index (χ2n) is 2.48. The summed E-state index contributed by atoms with van der Waals surface area (Å²) in [6.45, 7) is 4.30. The first kappa shape index (κ1) is 8.88. The highest BCUT2D eigenvalue weighted by Crippen LogP contribution is 2.22. The van der Waals surface area contributed by atoms with Crippen molar-refractivity contribution in [1.29, 1.82) is 0 Å². The Bertz CT molecular complexity index is 220. The smallest absolute Gasteiger partial charge is 0.129 e. The third kappa shape index (κ3) is 3.12. The van der Waals surface area contributed by atoms with Gasteiger partial charge in [0.2, 0.25) is 0 Å². The van der Waals surface area contributed by atoms with Gasteiger partial charge in [0.1, 0.15) is 5.15 Å². The van der Waals surface area contributed by atoms with E-state index in [0.29, 0.717) is 10.4 Å². The van der Waals surface area contributed by atoms with Gasteiger partial charge < -0.3 is 0 Å². The molecule has 1 rings (SSSR count). The van der Waals surface area contributed by atoms with Gasteiger partial charge >= 0.3 is 0 Å². The van der Waals surface area contributed by atoms with Crippen LogP contribution in [-0.4, -0.2) is 10.2 Å². The molecule has 1 aromatic heterocycles. The number of rotatable bonds is 2. The molecule has 60 valence electrons. The van der Waals surface area contributed by atoms with Crippen molar-refractivity contribution in [2.45, 2.75) is 24.0 Å². The van der Waals surface area contributed by atoms with E-state index in [0.717, 1.165) is 0 Å². The fourth-order valence-electron chi connectivity index (χ4n) is 0.704. The highest BCUT2D eigenvalue weighted by molar-refractivity contribution is 7.99. The molecule has 0 bridgehead atoms. The molecular weight excluding hydrogens is 178 g/mol. The number of thioether (sulfide) groups is 1. The highest BCUT2D eigenvalue weighted by Gasteiger charge is 1.97. The molecule has 0 aliphatic rings. The fourth-order valence-corrected chi connectivity index (χ4v) is 1.62. The zero-order chi connectivity index (χ0) is 8.27. The van der Waals surface area contributed by atoms with Gasteiger partial charge in [-0.1, -0.05) is 25.4 Å². The molecule has 0 atom stereocenters. The monoisotopic (exact) mass is 187 g/mol. The van der Waals surface area contributed by atoms with E-state index < -0.39 is 0 Å². The number of aromatic nitrogens is 1. The summed E-state index contributed by atoms with van der Waals surface area (Å²) >= 11 is 7.41. The third-order valence-corrected chi connectivity index (χ3v) is 2.28. The summed E-state index contributed by atoms with van der Waals surface area (Å²) < 4.78 is 0. The lowest BCUT2D eigenvalue weighted by Gasteiger charge is -2.02. The number of pyridine rings is 1. The minimum absolute atomic E-state index is 0.554. The topological polar surface area (TPSA) is 12.9 Å². The zero-order valence-corrected chi connectivity index (χ0v) is 8.12. The summed E-state index contributed by atoms with van der Waals surface area (Å²) in [5, 5.41) is 1.15. The van der Waals surface area contributed by atoms with E-state index in [4.69, 9.17) is 11.6 Å². The van der Waals surface area contributed by atoms with Crippen molar-refractivity contribution in [1.82, 2.24) is 4.98 Å². The minimum Gasteiger partial charge on any atom is -0.243 e. The van der Waals surface area contributed by atoms with Crippen molar-refractivity contribution in [2.75, 3.05) is 0 Å². The van der Waals surface area contributed by atoms with Gasteiger partial charge in [-0.25, -0.2) is 4.98 Å². The SMILES string of the molecule is CC(C)Sc1ccc(Cl)nc1. The van der Waals surface area contributed by atoms with E-state index in [1.165, 1.54) is 4.90 Å². The average molecular weight is 188 g/mol. The maximum atomic E-state index is 5.63. The van der Waals surface area contributed by atoms with Crippen LogP contribution in [0.5, 0.6) is 0 Å². The molecule has 0 radical (unpaired) electrons. The van der Waals surface area contributed by atoms with Crippen molar-refractivity contribution >= 4 is 23.4 Å². The molecule has 11 heavy (non-hydrogen) atoms. The van der Waals surface area contributed by atoms with E-state index in [9.17, 15) is 0 Å². The lowest BCUT2D eigenvalue weighted by atomic mass is 10.5. The molecule has 0 aromatic carbocycles. The van der Waals surface area contributed by atoms with Crippen molar-refractivity contribution < 1.29 is 0 Å². The largest absolute Gasteiger partial charge is 0.243 e. The first-order valence-electron chi connectivity index (χ1n) is 3.46. The summed E-state index contributed by atoms with van der Waals surface area (Å²) in [5.74, 6) is 0. The summed E-state index contributed by atoms with van der Waals surface area (Å²) in [4.78, 5) is 5.15. The first-order valence-corrected chi connectivity index (χ1v) is 4.72. The predicted octanol–water partition coefficient (Wildman–Crippen LogP) is 3.24. The van der Waals surface area contributed by atoms with Crippen LogP contribution in [-0.2, 0) is 0 Å². The number of halogens is 1. The van der Waals surface area contributed by atoms with Crippen molar-refractivity contribution in [2.24, 2.45) is 0 Å². The van der Waals surface area contributed by atoms with Crippen LogP contribution in [0.3, 0.4) is 0 Å². The Hall–Kier alpha value is -0.210.